The highest BCUT2D eigenvalue weighted by atomic mass is 16.5. The lowest BCUT2D eigenvalue weighted by molar-refractivity contribution is 0.124. The number of hydrogen-bond acceptors (Lipinski definition) is 2. The van der Waals surface area contributed by atoms with E-state index in [0.29, 0.717) is 6.61 Å². The molecule has 0 aliphatic carbocycles. The lowest BCUT2D eigenvalue weighted by Gasteiger charge is -2.28. The third-order valence-electron chi connectivity index (χ3n) is 4.21. The lowest BCUT2D eigenvalue weighted by atomic mass is 9.79. The molecule has 22 heavy (non-hydrogen) atoms. The van der Waals surface area contributed by atoms with Crippen LogP contribution in [0.5, 0.6) is 0 Å². The normalized spacial score (nSPS) is 15.5. The van der Waals surface area contributed by atoms with Crippen molar-refractivity contribution in [3.8, 4) is 0 Å². The Morgan fingerprint density at radius 1 is 1.05 bits per heavy atom. The van der Waals surface area contributed by atoms with Crippen molar-refractivity contribution >= 4 is 6.21 Å². The van der Waals surface area contributed by atoms with Crippen molar-refractivity contribution in [2.45, 2.75) is 32.3 Å². The van der Waals surface area contributed by atoms with Crippen molar-refractivity contribution in [3.63, 3.8) is 0 Å². The van der Waals surface area contributed by atoms with E-state index in [2.05, 4.69) is 49.2 Å². The zero-order valence-electron chi connectivity index (χ0n) is 13.4. The predicted molar refractivity (Wildman–Crippen MR) is 91.7 cm³/mol. The van der Waals surface area contributed by atoms with E-state index in [1.54, 1.807) is 0 Å². The second-order valence-corrected chi connectivity index (χ2v) is 6.56. The van der Waals surface area contributed by atoms with Crippen molar-refractivity contribution in [3.05, 3.63) is 70.8 Å². The largest absolute Gasteiger partial charge is 0.376 e. The van der Waals surface area contributed by atoms with E-state index in [1.807, 2.05) is 24.4 Å². The Balaban J connectivity index is 1.59. The maximum Gasteiger partial charge on any atom is 0.0717 e. The molecule has 2 nitrogen and oxygen atoms in total. The monoisotopic (exact) mass is 293 g/mol. The van der Waals surface area contributed by atoms with Gasteiger partial charge in [0.15, 0.2) is 0 Å². The van der Waals surface area contributed by atoms with Crippen LogP contribution >= 0.6 is 0 Å². The van der Waals surface area contributed by atoms with Gasteiger partial charge < -0.3 is 4.74 Å². The summed E-state index contributed by atoms with van der Waals surface area (Å²) in [6, 6.07) is 17.0. The predicted octanol–water partition coefficient (Wildman–Crippen LogP) is 4.16. The van der Waals surface area contributed by atoms with Gasteiger partial charge in [0.25, 0.3) is 0 Å². The van der Waals surface area contributed by atoms with Gasteiger partial charge in [-0.2, -0.15) is 0 Å². The SMILES string of the molecule is CC1(C)CN=Cc2ccc(CCOCc3ccccc3)cc21. The number of aliphatic imine (C=N–C) groups is 1. The van der Waals surface area contributed by atoms with Crippen molar-refractivity contribution in [1.29, 1.82) is 0 Å². The zero-order chi connectivity index (χ0) is 15.4. The number of fused-ring (bicyclic) bond motifs is 1. The standard InChI is InChI=1S/C20H23NO/c1-20(2)15-21-13-18-9-8-16(12-19(18)20)10-11-22-14-17-6-4-3-5-7-17/h3-9,12-13H,10-11,14-15H2,1-2H3. The van der Waals surface area contributed by atoms with Crippen LogP contribution in [0.25, 0.3) is 0 Å². The molecule has 0 aromatic heterocycles. The maximum atomic E-state index is 5.79. The molecule has 0 unspecified atom stereocenters. The Labute approximate surface area is 132 Å². The van der Waals surface area contributed by atoms with Crippen LogP contribution in [0.3, 0.4) is 0 Å². The molecule has 0 saturated heterocycles. The zero-order valence-corrected chi connectivity index (χ0v) is 13.4. The highest BCUT2D eigenvalue weighted by Crippen LogP contribution is 2.30. The van der Waals surface area contributed by atoms with Crippen molar-refractivity contribution < 1.29 is 4.74 Å². The Morgan fingerprint density at radius 3 is 2.68 bits per heavy atom. The van der Waals surface area contributed by atoms with Crippen LogP contribution in [0.2, 0.25) is 0 Å². The van der Waals surface area contributed by atoms with Crippen LogP contribution in [0, 0.1) is 0 Å². The van der Waals surface area contributed by atoms with Gasteiger partial charge in [-0.15, -0.1) is 0 Å². The van der Waals surface area contributed by atoms with Crippen LogP contribution in [0.4, 0.5) is 0 Å². The molecule has 0 spiro atoms. The third-order valence-corrected chi connectivity index (χ3v) is 4.21. The second kappa shape index (κ2) is 6.45. The molecule has 3 rings (SSSR count). The van der Waals surface area contributed by atoms with Gasteiger partial charge in [-0.25, -0.2) is 0 Å². The second-order valence-electron chi connectivity index (χ2n) is 6.56. The van der Waals surface area contributed by atoms with Crippen molar-refractivity contribution in [1.82, 2.24) is 0 Å². The van der Waals surface area contributed by atoms with E-state index in [-0.39, 0.29) is 5.41 Å². The molecule has 0 N–H and O–H groups in total. The minimum absolute atomic E-state index is 0.130. The molecular weight excluding hydrogens is 270 g/mol. The third kappa shape index (κ3) is 3.45. The average Bonchev–Trinajstić information content (AvgIpc) is 2.53. The lowest BCUT2D eigenvalue weighted by Crippen LogP contribution is -2.26. The van der Waals surface area contributed by atoms with Crippen LogP contribution in [0.1, 0.15) is 36.1 Å². The van der Waals surface area contributed by atoms with Gasteiger partial charge in [0.1, 0.15) is 0 Å². The summed E-state index contributed by atoms with van der Waals surface area (Å²) in [7, 11) is 0. The summed E-state index contributed by atoms with van der Waals surface area (Å²) >= 11 is 0. The van der Waals surface area contributed by atoms with Gasteiger partial charge in [0.05, 0.1) is 13.2 Å². The minimum atomic E-state index is 0.130. The fourth-order valence-electron chi connectivity index (χ4n) is 2.87. The highest BCUT2D eigenvalue weighted by molar-refractivity contribution is 5.84. The van der Waals surface area contributed by atoms with E-state index in [9.17, 15) is 0 Å². The summed E-state index contributed by atoms with van der Waals surface area (Å²) in [5.41, 5.74) is 5.36. The topological polar surface area (TPSA) is 21.6 Å². The first-order valence-corrected chi connectivity index (χ1v) is 7.90. The fraction of sp³-hybridized carbons (Fsp3) is 0.350. The number of ether oxygens (including phenoxy) is 1. The average molecular weight is 293 g/mol. The van der Waals surface area contributed by atoms with Crippen molar-refractivity contribution in [2.24, 2.45) is 4.99 Å². The van der Waals surface area contributed by atoms with Gasteiger partial charge in [-0.05, 0) is 28.7 Å². The molecule has 114 valence electrons. The molecule has 0 bridgehead atoms. The van der Waals surface area contributed by atoms with Gasteiger partial charge in [-0.3, -0.25) is 4.99 Å². The summed E-state index contributed by atoms with van der Waals surface area (Å²) < 4.78 is 5.79. The number of benzene rings is 2. The molecule has 0 fully saturated rings. The summed E-state index contributed by atoms with van der Waals surface area (Å²) in [5.74, 6) is 0. The first-order valence-electron chi connectivity index (χ1n) is 7.90. The number of nitrogens with zero attached hydrogens (tertiary/aromatic N) is 1. The molecule has 0 radical (unpaired) electrons. The van der Waals surface area contributed by atoms with Crippen LogP contribution in [-0.4, -0.2) is 19.4 Å². The maximum absolute atomic E-state index is 5.79. The van der Waals surface area contributed by atoms with Crippen LogP contribution < -0.4 is 0 Å². The number of hydrogen-bond donors (Lipinski definition) is 0. The van der Waals surface area contributed by atoms with E-state index in [0.717, 1.165) is 19.6 Å². The van der Waals surface area contributed by atoms with E-state index >= 15 is 0 Å². The smallest absolute Gasteiger partial charge is 0.0717 e. The van der Waals surface area contributed by atoms with E-state index in [4.69, 9.17) is 4.74 Å². The molecule has 1 aliphatic heterocycles. The van der Waals surface area contributed by atoms with E-state index in [1.165, 1.54) is 22.3 Å². The quantitative estimate of drug-likeness (QED) is 0.759. The summed E-state index contributed by atoms with van der Waals surface area (Å²) in [4.78, 5) is 4.46. The Kier molecular flexibility index (Phi) is 4.39. The molecule has 0 atom stereocenters. The van der Waals surface area contributed by atoms with Gasteiger partial charge in [-0.1, -0.05) is 62.4 Å². The van der Waals surface area contributed by atoms with Gasteiger partial charge >= 0.3 is 0 Å². The molecule has 1 aliphatic rings. The first kappa shape index (κ1) is 15.0. The summed E-state index contributed by atoms with van der Waals surface area (Å²) in [6.45, 7) is 6.83. The molecule has 0 amide bonds. The molecule has 0 saturated carbocycles. The van der Waals surface area contributed by atoms with Crippen molar-refractivity contribution in [2.75, 3.05) is 13.2 Å². The van der Waals surface area contributed by atoms with E-state index < -0.39 is 0 Å². The fourth-order valence-corrected chi connectivity index (χ4v) is 2.87. The molecule has 2 aromatic rings. The summed E-state index contributed by atoms with van der Waals surface area (Å²) in [5, 5.41) is 0. The van der Waals surface area contributed by atoms with Gasteiger partial charge in [0.2, 0.25) is 0 Å². The molecule has 1 heterocycles. The van der Waals surface area contributed by atoms with Crippen LogP contribution in [-0.2, 0) is 23.2 Å². The number of rotatable bonds is 5. The summed E-state index contributed by atoms with van der Waals surface area (Å²) in [6.07, 6.45) is 2.95. The Morgan fingerprint density at radius 2 is 1.86 bits per heavy atom. The molecular formula is C20H23NO. The minimum Gasteiger partial charge on any atom is -0.376 e. The van der Waals surface area contributed by atoms with Crippen LogP contribution in [0.15, 0.2) is 53.5 Å². The highest BCUT2D eigenvalue weighted by Gasteiger charge is 2.25. The Bertz CT molecular complexity index is 659. The first-order chi connectivity index (χ1) is 10.6. The van der Waals surface area contributed by atoms with Gasteiger partial charge in [0, 0.05) is 18.2 Å². The Hall–Kier alpha value is -1.93. The molecule has 2 heteroatoms. The molecule has 2 aromatic carbocycles.